The summed E-state index contributed by atoms with van der Waals surface area (Å²) in [5.41, 5.74) is 0.0607. The van der Waals surface area contributed by atoms with Crippen LogP contribution in [0.1, 0.15) is 30.6 Å². The Balaban J connectivity index is 2.99. The van der Waals surface area contributed by atoms with Gasteiger partial charge in [0.2, 0.25) is 0 Å². The van der Waals surface area contributed by atoms with Gasteiger partial charge in [0.15, 0.2) is 5.78 Å². The molecule has 0 heterocycles. The van der Waals surface area contributed by atoms with E-state index in [1.165, 1.54) is 7.11 Å². The fourth-order valence-electron chi connectivity index (χ4n) is 1.58. The Kier molecular flexibility index (Phi) is 4.73. The molecule has 18 heavy (non-hydrogen) atoms. The monoisotopic (exact) mass is 252 g/mol. The highest BCUT2D eigenvalue weighted by molar-refractivity contribution is 5.99. The van der Waals surface area contributed by atoms with Crippen molar-refractivity contribution in [1.29, 1.82) is 0 Å². The Morgan fingerprint density at radius 1 is 1.17 bits per heavy atom. The minimum Gasteiger partial charge on any atom is -0.497 e. The van der Waals surface area contributed by atoms with Crippen LogP contribution in [0, 0.1) is 0 Å². The van der Waals surface area contributed by atoms with Gasteiger partial charge in [0.1, 0.15) is 11.5 Å². The third kappa shape index (κ3) is 3.47. The van der Waals surface area contributed by atoms with E-state index in [0.717, 1.165) is 0 Å². The van der Waals surface area contributed by atoms with E-state index in [0.29, 0.717) is 23.5 Å². The minimum atomic E-state index is -0.484. The van der Waals surface area contributed by atoms with Crippen molar-refractivity contribution in [2.45, 2.75) is 25.9 Å². The number of ether oxygens (including phenoxy) is 3. The molecule has 4 nitrogen and oxygen atoms in total. The number of hydrogen-bond donors (Lipinski definition) is 0. The third-order valence-electron chi connectivity index (χ3n) is 2.85. The van der Waals surface area contributed by atoms with Gasteiger partial charge in [-0.05, 0) is 26.0 Å². The molecule has 0 amide bonds. The lowest BCUT2D eigenvalue weighted by Gasteiger charge is -2.22. The average Bonchev–Trinajstić information content (AvgIpc) is 2.37. The molecule has 1 aromatic rings. The summed E-state index contributed by atoms with van der Waals surface area (Å²) in [5.74, 6) is 1.17. The normalized spacial score (nSPS) is 11.2. The Hall–Kier alpha value is -1.55. The van der Waals surface area contributed by atoms with Gasteiger partial charge in [-0.3, -0.25) is 4.79 Å². The van der Waals surface area contributed by atoms with Crippen LogP contribution in [0.3, 0.4) is 0 Å². The minimum absolute atomic E-state index is 0.0126. The van der Waals surface area contributed by atoms with Gasteiger partial charge in [0.25, 0.3) is 0 Å². The van der Waals surface area contributed by atoms with Crippen molar-refractivity contribution in [3.05, 3.63) is 23.8 Å². The van der Waals surface area contributed by atoms with Crippen molar-refractivity contribution < 1.29 is 19.0 Å². The maximum absolute atomic E-state index is 12.2. The number of Topliss-reactive ketones (excluding diaryl/α,β-unsaturated/α-hetero) is 1. The lowest BCUT2D eigenvalue weighted by Crippen LogP contribution is -2.26. The lowest BCUT2D eigenvalue weighted by atomic mass is 9.96. The van der Waals surface area contributed by atoms with Crippen molar-refractivity contribution in [3.8, 4) is 11.5 Å². The van der Waals surface area contributed by atoms with Crippen LogP contribution >= 0.6 is 0 Å². The first-order valence-electron chi connectivity index (χ1n) is 5.74. The lowest BCUT2D eigenvalue weighted by molar-refractivity contribution is 0.0171. The summed E-state index contributed by atoms with van der Waals surface area (Å²) in [5, 5.41) is 0. The highest BCUT2D eigenvalue weighted by Crippen LogP contribution is 2.27. The van der Waals surface area contributed by atoms with Crippen LogP contribution in [-0.2, 0) is 4.74 Å². The van der Waals surface area contributed by atoms with Crippen molar-refractivity contribution in [2.75, 3.05) is 21.3 Å². The van der Waals surface area contributed by atoms with Crippen LogP contribution in [-0.4, -0.2) is 32.7 Å². The van der Waals surface area contributed by atoms with Gasteiger partial charge in [0.05, 0.1) is 25.4 Å². The maximum atomic E-state index is 12.2. The average molecular weight is 252 g/mol. The van der Waals surface area contributed by atoms with Crippen LogP contribution in [0.15, 0.2) is 18.2 Å². The largest absolute Gasteiger partial charge is 0.497 e. The van der Waals surface area contributed by atoms with Crippen molar-refractivity contribution in [2.24, 2.45) is 0 Å². The first-order chi connectivity index (χ1) is 8.43. The SMILES string of the molecule is COc1ccc(C(=O)CC(C)(C)OC)c(OC)c1. The molecule has 0 N–H and O–H groups in total. The molecule has 0 unspecified atom stereocenters. The van der Waals surface area contributed by atoms with Crippen LogP contribution in [0.25, 0.3) is 0 Å². The predicted molar refractivity (Wildman–Crippen MR) is 69.6 cm³/mol. The molecule has 100 valence electrons. The van der Waals surface area contributed by atoms with E-state index in [1.807, 2.05) is 13.8 Å². The second-order valence-electron chi connectivity index (χ2n) is 4.63. The van der Waals surface area contributed by atoms with Gasteiger partial charge in [-0.2, -0.15) is 0 Å². The molecule has 0 aromatic heterocycles. The van der Waals surface area contributed by atoms with Gasteiger partial charge in [-0.25, -0.2) is 0 Å². The quantitative estimate of drug-likeness (QED) is 0.730. The van der Waals surface area contributed by atoms with E-state index in [-0.39, 0.29) is 5.78 Å². The Morgan fingerprint density at radius 2 is 1.83 bits per heavy atom. The zero-order valence-electron chi connectivity index (χ0n) is 11.6. The standard InChI is InChI=1S/C14H20O4/c1-14(2,18-5)9-12(15)11-7-6-10(16-3)8-13(11)17-4/h6-8H,9H2,1-5H3. The topological polar surface area (TPSA) is 44.8 Å². The molecule has 0 radical (unpaired) electrons. The highest BCUT2D eigenvalue weighted by atomic mass is 16.5. The summed E-state index contributed by atoms with van der Waals surface area (Å²) in [7, 11) is 4.70. The number of ketones is 1. The van der Waals surface area contributed by atoms with Gasteiger partial charge in [-0.15, -0.1) is 0 Å². The number of hydrogen-bond acceptors (Lipinski definition) is 4. The molecule has 0 saturated heterocycles. The molecule has 0 fully saturated rings. The number of carbonyl (C=O) groups excluding carboxylic acids is 1. The van der Waals surface area contributed by atoms with Crippen LogP contribution in [0.2, 0.25) is 0 Å². The first kappa shape index (κ1) is 14.5. The fourth-order valence-corrected chi connectivity index (χ4v) is 1.58. The summed E-state index contributed by atoms with van der Waals surface area (Å²) in [6.07, 6.45) is 0.298. The number of rotatable bonds is 6. The summed E-state index contributed by atoms with van der Waals surface area (Å²) in [6, 6.07) is 5.16. The number of carbonyl (C=O) groups is 1. The third-order valence-corrected chi connectivity index (χ3v) is 2.85. The zero-order chi connectivity index (χ0) is 13.8. The maximum Gasteiger partial charge on any atom is 0.169 e. The second-order valence-corrected chi connectivity index (χ2v) is 4.63. The molecule has 0 spiro atoms. The van der Waals surface area contributed by atoms with Crippen molar-refractivity contribution >= 4 is 5.78 Å². The second kappa shape index (κ2) is 5.87. The molecule has 0 aliphatic rings. The smallest absolute Gasteiger partial charge is 0.169 e. The van der Waals surface area contributed by atoms with E-state index < -0.39 is 5.60 Å². The molecule has 4 heteroatoms. The summed E-state index contributed by atoms with van der Waals surface area (Å²) in [4.78, 5) is 12.2. The summed E-state index contributed by atoms with van der Waals surface area (Å²) < 4.78 is 15.6. The highest BCUT2D eigenvalue weighted by Gasteiger charge is 2.24. The van der Waals surface area contributed by atoms with Gasteiger partial charge >= 0.3 is 0 Å². The first-order valence-corrected chi connectivity index (χ1v) is 5.74. The Morgan fingerprint density at radius 3 is 2.33 bits per heavy atom. The molecule has 0 atom stereocenters. The summed E-state index contributed by atoms with van der Waals surface area (Å²) in [6.45, 7) is 3.75. The summed E-state index contributed by atoms with van der Waals surface area (Å²) >= 11 is 0. The molecule has 0 aliphatic heterocycles. The van der Waals surface area contributed by atoms with Gasteiger partial charge in [0, 0.05) is 19.6 Å². The van der Waals surface area contributed by atoms with Crippen LogP contribution in [0.5, 0.6) is 11.5 Å². The van der Waals surface area contributed by atoms with Crippen molar-refractivity contribution in [1.82, 2.24) is 0 Å². The van der Waals surface area contributed by atoms with Gasteiger partial charge < -0.3 is 14.2 Å². The number of benzene rings is 1. The van der Waals surface area contributed by atoms with Crippen molar-refractivity contribution in [3.63, 3.8) is 0 Å². The van der Waals surface area contributed by atoms with E-state index in [1.54, 1.807) is 32.4 Å². The van der Waals surface area contributed by atoms with E-state index in [9.17, 15) is 4.79 Å². The molecular weight excluding hydrogens is 232 g/mol. The molecular formula is C14H20O4. The molecule has 0 saturated carbocycles. The molecule has 1 aromatic carbocycles. The van der Waals surface area contributed by atoms with Gasteiger partial charge in [-0.1, -0.05) is 0 Å². The molecule has 0 aliphatic carbocycles. The number of methoxy groups -OCH3 is 3. The van der Waals surface area contributed by atoms with E-state index in [2.05, 4.69) is 0 Å². The Bertz CT molecular complexity index is 424. The van der Waals surface area contributed by atoms with Crippen LogP contribution < -0.4 is 9.47 Å². The zero-order valence-corrected chi connectivity index (χ0v) is 11.6. The Labute approximate surface area is 108 Å². The fraction of sp³-hybridized carbons (Fsp3) is 0.500. The van der Waals surface area contributed by atoms with E-state index >= 15 is 0 Å². The van der Waals surface area contributed by atoms with E-state index in [4.69, 9.17) is 14.2 Å². The predicted octanol–water partition coefficient (Wildman–Crippen LogP) is 2.70. The molecule has 1 rings (SSSR count). The van der Waals surface area contributed by atoms with Crippen LogP contribution in [0.4, 0.5) is 0 Å². The molecule has 0 bridgehead atoms.